The van der Waals surface area contributed by atoms with Crippen LogP contribution in [0.5, 0.6) is 5.75 Å². The van der Waals surface area contributed by atoms with E-state index in [0.29, 0.717) is 6.61 Å². The van der Waals surface area contributed by atoms with Gasteiger partial charge in [-0.05, 0) is 24.6 Å². The second-order valence-corrected chi connectivity index (χ2v) is 4.40. The molecular weight excluding hydrogens is 220 g/mol. The van der Waals surface area contributed by atoms with Gasteiger partial charge in [-0.15, -0.1) is 0 Å². The zero-order valence-electron chi connectivity index (χ0n) is 9.60. The van der Waals surface area contributed by atoms with Crippen molar-refractivity contribution >= 4 is 23.0 Å². The number of carbonyl (C=O) groups excluding carboxylic acids is 1. The fourth-order valence-corrected chi connectivity index (χ4v) is 1.62. The lowest BCUT2D eigenvalue weighted by molar-refractivity contribution is -0.109. The minimum Gasteiger partial charge on any atom is -0.494 e. The predicted molar refractivity (Wildman–Crippen MR) is 69.8 cm³/mol. The van der Waals surface area contributed by atoms with Crippen molar-refractivity contribution < 1.29 is 9.53 Å². The van der Waals surface area contributed by atoms with E-state index in [1.165, 1.54) is 11.8 Å². The van der Waals surface area contributed by atoms with Gasteiger partial charge in [0.15, 0.2) is 5.12 Å². The van der Waals surface area contributed by atoms with E-state index in [-0.39, 0.29) is 5.12 Å². The number of ether oxygens (including phenoxy) is 1. The molecule has 0 bridgehead atoms. The van der Waals surface area contributed by atoms with E-state index in [9.17, 15) is 4.79 Å². The first-order valence-electron chi connectivity index (χ1n) is 5.25. The molecule has 0 N–H and O–H groups in total. The van der Waals surface area contributed by atoms with Crippen molar-refractivity contribution in [2.45, 2.75) is 13.8 Å². The van der Waals surface area contributed by atoms with Crippen molar-refractivity contribution in [1.82, 2.24) is 0 Å². The van der Waals surface area contributed by atoms with E-state index in [2.05, 4.69) is 0 Å². The molecule has 1 aromatic rings. The minimum atomic E-state index is 0.149. The number of thioether (sulfide) groups is 1. The fourth-order valence-electron chi connectivity index (χ4n) is 1.19. The molecule has 0 saturated heterocycles. The van der Waals surface area contributed by atoms with Crippen molar-refractivity contribution in [3.63, 3.8) is 0 Å². The number of carbonyl (C=O) groups is 1. The summed E-state index contributed by atoms with van der Waals surface area (Å²) in [5, 5.41) is 0.149. The summed E-state index contributed by atoms with van der Waals surface area (Å²) in [7, 11) is 0. The van der Waals surface area contributed by atoms with Crippen molar-refractivity contribution in [2.24, 2.45) is 0 Å². The van der Waals surface area contributed by atoms with Gasteiger partial charge < -0.3 is 4.74 Å². The third kappa shape index (κ3) is 5.03. The van der Waals surface area contributed by atoms with Gasteiger partial charge in [0, 0.05) is 12.7 Å². The van der Waals surface area contributed by atoms with Gasteiger partial charge in [-0.3, -0.25) is 4.79 Å². The maximum atomic E-state index is 10.7. The molecule has 16 heavy (non-hydrogen) atoms. The number of rotatable bonds is 5. The topological polar surface area (TPSA) is 26.3 Å². The molecule has 86 valence electrons. The zero-order chi connectivity index (χ0) is 11.8. The summed E-state index contributed by atoms with van der Waals surface area (Å²) in [5.41, 5.74) is 1.12. The summed E-state index contributed by atoms with van der Waals surface area (Å²) in [6.07, 6.45) is 3.99. The van der Waals surface area contributed by atoms with Crippen LogP contribution in [-0.2, 0) is 4.79 Å². The number of benzene rings is 1. The maximum Gasteiger partial charge on any atom is 0.186 e. The van der Waals surface area contributed by atoms with E-state index in [1.807, 2.05) is 43.3 Å². The van der Waals surface area contributed by atoms with Gasteiger partial charge in [0.25, 0.3) is 0 Å². The maximum absolute atomic E-state index is 10.7. The van der Waals surface area contributed by atoms with Crippen LogP contribution in [0.15, 0.2) is 30.3 Å². The van der Waals surface area contributed by atoms with Gasteiger partial charge in [-0.1, -0.05) is 36.0 Å². The van der Waals surface area contributed by atoms with E-state index in [1.54, 1.807) is 6.92 Å². The lowest BCUT2D eigenvalue weighted by atomic mass is 10.2. The van der Waals surface area contributed by atoms with Gasteiger partial charge >= 0.3 is 0 Å². The highest BCUT2D eigenvalue weighted by molar-refractivity contribution is 8.13. The highest BCUT2D eigenvalue weighted by Crippen LogP contribution is 2.13. The Balaban J connectivity index is 2.45. The summed E-state index contributed by atoms with van der Waals surface area (Å²) < 4.78 is 5.35. The Morgan fingerprint density at radius 2 is 2.06 bits per heavy atom. The molecule has 0 aliphatic heterocycles. The lowest BCUT2D eigenvalue weighted by Gasteiger charge is -2.02. The molecule has 1 rings (SSSR count). The summed E-state index contributed by atoms with van der Waals surface area (Å²) in [4.78, 5) is 10.7. The first kappa shape index (κ1) is 12.8. The standard InChI is InChI=1S/C13H16O2S/c1-3-15-13-8-6-12(7-9-13)5-4-10-16-11(2)14/h4-9H,3,10H2,1-2H3. The van der Waals surface area contributed by atoms with Crippen LogP contribution in [0.2, 0.25) is 0 Å². The van der Waals surface area contributed by atoms with E-state index in [0.717, 1.165) is 17.1 Å². The Kier molecular flexibility index (Phi) is 5.72. The molecule has 1 aromatic carbocycles. The third-order valence-electron chi connectivity index (χ3n) is 1.88. The minimum absolute atomic E-state index is 0.149. The van der Waals surface area contributed by atoms with Crippen molar-refractivity contribution in [3.05, 3.63) is 35.9 Å². The predicted octanol–water partition coefficient (Wildman–Crippen LogP) is 3.38. The largest absolute Gasteiger partial charge is 0.494 e. The van der Waals surface area contributed by atoms with Gasteiger partial charge in [0.1, 0.15) is 5.75 Å². The van der Waals surface area contributed by atoms with Crippen molar-refractivity contribution in [3.8, 4) is 5.75 Å². The van der Waals surface area contributed by atoms with Crippen molar-refractivity contribution in [1.29, 1.82) is 0 Å². The van der Waals surface area contributed by atoms with Crippen molar-refractivity contribution in [2.75, 3.05) is 12.4 Å². The SMILES string of the molecule is CCOc1ccc(C=CCSC(C)=O)cc1. The Morgan fingerprint density at radius 3 is 2.62 bits per heavy atom. The third-order valence-corrected chi connectivity index (χ3v) is 2.65. The molecule has 0 aromatic heterocycles. The van der Waals surface area contributed by atoms with Crippen LogP contribution in [0.1, 0.15) is 19.4 Å². The Morgan fingerprint density at radius 1 is 1.38 bits per heavy atom. The molecule has 0 spiro atoms. The number of hydrogen-bond donors (Lipinski definition) is 0. The average molecular weight is 236 g/mol. The highest BCUT2D eigenvalue weighted by atomic mass is 32.2. The van der Waals surface area contributed by atoms with Crippen LogP contribution >= 0.6 is 11.8 Å². The van der Waals surface area contributed by atoms with Crippen LogP contribution in [0.25, 0.3) is 6.08 Å². The second-order valence-electron chi connectivity index (χ2n) is 3.21. The monoisotopic (exact) mass is 236 g/mol. The van der Waals surface area contributed by atoms with Gasteiger partial charge in [-0.2, -0.15) is 0 Å². The van der Waals surface area contributed by atoms with E-state index >= 15 is 0 Å². The van der Waals surface area contributed by atoms with Crippen LogP contribution in [0.4, 0.5) is 0 Å². The quantitative estimate of drug-likeness (QED) is 0.784. The van der Waals surface area contributed by atoms with Gasteiger partial charge in [0.05, 0.1) is 6.61 Å². The molecule has 0 aliphatic rings. The fraction of sp³-hybridized carbons (Fsp3) is 0.308. The Bertz CT molecular complexity index is 355. The molecule has 0 fully saturated rings. The lowest BCUT2D eigenvalue weighted by Crippen LogP contribution is -1.90. The molecule has 0 amide bonds. The van der Waals surface area contributed by atoms with Crippen LogP contribution in [0, 0.1) is 0 Å². The Labute approximate surface area is 101 Å². The molecule has 0 unspecified atom stereocenters. The molecule has 0 heterocycles. The normalized spacial score (nSPS) is 10.6. The molecule has 0 aliphatic carbocycles. The van der Waals surface area contributed by atoms with Gasteiger partial charge in [-0.25, -0.2) is 0 Å². The molecule has 2 nitrogen and oxygen atoms in total. The molecule has 3 heteroatoms. The van der Waals surface area contributed by atoms with Crippen LogP contribution in [0.3, 0.4) is 0 Å². The second kappa shape index (κ2) is 7.12. The Hall–Kier alpha value is -1.22. The van der Waals surface area contributed by atoms with E-state index < -0.39 is 0 Å². The van der Waals surface area contributed by atoms with Gasteiger partial charge in [0.2, 0.25) is 0 Å². The summed E-state index contributed by atoms with van der Waals surface area (Å²) in [6.45, 7) is 4.23. The average Bonchev–Trinajstić information content (AvgIpc) is 2.27. The van der Waals surface area contributed by atoms with E-state index in [4.69, 9.17) is 4.74 Å². The highest BCUT2D eigenvalue weighted by Gasteiger charge is 1.92. The molecular formula is C13H16O2S. The molecule has 0 saturated carbocycles. The first-order valence-corrected chi connectivity index (χ1v) is 6.23. The molecule has 0 radical (unpaired) electrons. The first-order chi connectivity index (χ1) is 7.72. The van der Waals surface area contributed by atoms with Crippen LogP contribution in [-0.4, -0.2) is 17.5 Å². The summed E-state index contributed by atoms with van der Waals surface area (Å²) in [6, 6.07) is 7.89. The summed E-state index contributed by atoms with van der Waals surface area (Å²) in [5.74, 6) is 1.61. The van der Waals surface area contributed by atoms with Crippen LogP contribution < -0.4 is 4.74 Å². The molecule has 0 atom stereocenters. The number of hydrogen-bond acceptors (Lipinski definition) is 3. The summed E-state index contributed by atoms with van der Waals surface area (Å²) >= 11 is 1.31. The smallest absolute Gasteiger partial charge is 0.186 e. The zero-order valence-corrected chi connectivity index (χ0v) is 10.4.